The van der Waals surface area contributed by atoms with Crippen molar-refractivity contribution in [1.29, 1.82) is 0 Å². The topological polar surface area (TPSA) is 51.2 Å². The first-order chi connectivity index (χ1) is 16.0. The molecular formula is C27H26O3S3. The van der Waals surface area contributed by atoms with Crippen LogP contribution in [-0.2, 0) is 51.4 Å². The van der Waals surface area contributed by atoms with Gasteiger partial charge in [0.15, 0.2) is 9.84 Å². The third kappa shape index (κ3) is 4.11. The number of aryl methyl sites for hydroxylation is 1. The van der Waals surface area contributed by atoms with Gasteiger partial charge in [-0.2, -0.15) is 0 Å². The molecule has 3 atom stereocenters. The smallest absolute Gasteiger partial charge is 0.179 e. The summed E-state index contributed by atoms with van der Waals surface area (Å²) in [5, 5.41) is 0.404. The second kappa shape index (κ2) is 8.40. The van der Waals surface area contributed by atoms with Gasteiger partial charge in [-0.05, 0) is 64.3 Å². The van der Waals surface area contributed by atoms with E-state index in [1.807, 2.05) is 30.0 Å². The highest BCUT2D eigenvalue weighted by Gasteiger charge is 2.32. The second-order valence-corrected chi connectivity index (χ2v) is 14.2. The number of hydrogen-bond acceptors (Lipinski definition) is 4. The molecule has 6 rings (SSSR count). The molecule has 3 nitrogen and oxygen atoms in total. The molecule has 0 spiro atoms. The zero-order chi connectivity index (χ0) is 22.6. The lowest BCUT2D eigenvalue weighted by atomic mass is 9.89. The highest BCUT2D eigenvalue weighted by Crippen LogP contribution is 2.43. The lowest BCUT2D eigenvalue weighted by Gasteiger charge is -2.29. The summed E-state index contributed by atoms with van der Waals surface area (Å²) in [6.07, 6.45) is 2.65. The van der Waals surface area contributed by atoms with Crippen LogP contribution in [-0.4, -0.2) is 24.1 Å². The lowest BCUT2D eigenvalue weighted by Crippen LogP contribution is -2.24. The monoisotopic (exact) mass is 494 g/mol. The van der Waals surface area contributed by atoms with Gasteiger partial charge < -0.3 is 0 Å². The first-order valence-electron chi connectivity index (χ1n) is 11.5. The Balaban J connectivity index is 1.27. The molecule has 3 aromatic rings. The predicted molar refractivity (Wildman–Crippen MR) is 136 cm³/mol. The fraction of sp³-hybridized carbons (Fsp3) is 0.333. The second-order valence-electron chi connectivity index (χ2n) is 9.39. The van der Waals surface area contributed by atoms with Crippen LogP contribution in [0.3, 0.4) is 0 Å². The summed E-state index contributed by atoms with van der Waals surface area (Å²) < 4.78 is 37.7. The van der Waals surface area contributed by atoms with E-state index in [2.05, 4.69) is 36.4 Å². The van der Waals surface area contributed by atoms with Crippen LogP contribution < -0.4 is 0 Å². The van der Waals surface area contributed by atoms with E-state index in [1.54, 1.807) is 6.07 Å². The van der Waals surface area contributed by atoms with E-state index < -0.39 is 20.6 Å². The molecule has 0 aromatic heterocycles. The van der Waals surface area contributed by atoms with Gasteiger partial charge in [0, 0.05) is 39.2 Å². The van der Waals surface area contributed by atoms with Gasteiger partial charge in [0.25, 0.3) is 0 Å². The van der Waals surface area contributed by atoms with Crippen molar-refractivity contribution in [2.45, 2.75) is 46.8 Å². The van der Waals surface area contributed by atoms with Gasteiger partial charge in [-0.25, -0.2) is 8.42 Å². The third-order valence-corrected chi connectivity index (χ3v) is 11.8. The van der Waals surface area contributed by atoms with Crippen molar-refractivity contribution in [3.8, 4) is 0 Å². The van der Waals surface area contributed by atoms with Crippen LogP contribution in [0.4, 0.5) is 0 Å². The normalized spacial score (nSPS) is 25.5. The van der Waals surface area contributed by atoms with Crippen LogP contribution in [0.15, 0.2) is 65.6 Å². The summed E-state index contributed by atoms with van der Waals surface area (Å²) in [7, 11) is -3.97. The Morgan fingerprint density at radius 1 is 0.818 bits per heavy atom. The van der Waals surface area contributed by atoms with Crippen molar-refractivity contribution in [1.82, 2.24) is 0 Å². The molecule has 0 radical (unpaired) electrons. The summed E-state index contributed by atoms with van der Waals surface area (Å²) in [5.41, 5.74) is 8.76. The Morgan fingerprint density at radius 2 is 1.61 bits per heavy atom. The molecule has 170 valence electrons. The number of sulfone groups is 1. The SMILES string of the molecule is O=S1CCc2cc(C3Cc4cc(C5Cc6ccccc6S(=O)(=O)C5)ccc4CS3)ccc2C1. The van der Waals surface area contributed by atoms with Crippen molar-refractivity contribution in [3.63, 3.8) is 0 Å². The number of benzene rings is 3. The van der Waals surface area contributed by atoms with Gasteiger partial charge in [-0.1, -0.05) is 54.6 Å². The minimum absolute atomic E-state index is 0.00726. The van der Waals surface area contributed by atoms with Gasteiger partial charge >= 0.3 is 0 Å². The van der Waals surface area contributed by atoms with Gasteiger partial charge in [0.2, 0.25) is 0 Å². The Kier molecular flexibility index (Phi) is 5.51. The third-order valence-electron chi connectivity index (χ3n) is 7.26. The minimum Gasteiger partial charge on any atom is -0.259 e. The molecule has 3 unspecified atom stereocenters. The van der Waals surface area contributed by atoms with E-state index in [-0.39, 0.29) is 11.7 Å². The number of fused-ring (bicyclic) bond motifs is 3. The Hall–Kier alpha value is -1.89. The quantitative estimate of drug-likeness (QED) is 0.495. The molecule has 0 saturated carbocycles. The molecule has 3 aliphatic heterocycles. The Labute approximate surface area is 202 Å². The standard InChI is InChI=1S/C27H26O3S3/c28-32-10-9-19-11-20(6-8-23(19)16-32)26-14-24-12-18(5-7-22(24)15-31-26)25-13-21-3-1-2-4-27(21)33(29,30)17-25/h1-8,11-12,25-26H,9-10,13-17H2. The van der Waals surface area contributed by atoms with Crippen LogP contribution in [0.2, 0.25) is 0 Å². The van der Waals surface area contributed by atoms with E-state index in [0.717, 1.165) is 41.9 Å². The molecule has 3 heterocycles. The van der Waals surface area contributed by atoms with E-state index >= 15 is 0 Å². The maximum atomic E-state index is 12.9. The highest BCUT2D eigenvalue weighted by atomic mass is 32.2. The maximum absolute atomic E-state index is 12.9. The Bertz CT molecular complexity index is 1380. The summed E-state index contributed by atoms with van der Waals surface area (Å²) >= 11 is 1.99. The van der Waals surface area contributed by atoms with Crippen LogP contribution in [0, 0.1) is 0 Å². The summed E-state index contributed by atoms with van der Waals surface area (Å²) in [5.74, 6) is 2.63. The van der Waals surface area contributed by atoms with Crippen LogP contribution >= 0.6 is 11.8 Å². The van der Waals surface area contributed by atoms with E-state index in [0.29, 0.717) is 15.9 Å². The van der Waals surface area contributed by atoms with E-state index in [1.165, 1.54) is 27.8 Å². The van der Waals surface area contributed by atoms with Crippen LogP contribution in [0.1, 0.15) is 50.1 Å². The number of rotatable bonds is 2. The van der Waals surface area contributed by atoms with Crippen LogP contribution in [0.25, 0.3) is 0 Å². The average molecular weight is 495 g/mol. The van der Waals surface area contributed by atoms with Crippen molar-refractivity contribution < 1.29 is 12.6 Å². The Morgan fingerprint density at radius 3 is 2.52 bits per heavy atom. The van der Waals surface area contributed by atoms with Crippen molar-refractivity contribution in [2.24, 2.45) is 0 Å². The molecule has 3 aliphatic rings. The summed E-state index contributed by atoms with van der Waals surface area (Å²) in [4.78, 5) is 0.506. The van der Waals surface area contributed by atoms with E-state index in [9.17, 15) is 12.6 Å². The van der Waals surface area contributed by atoms with Gasteiger partial charge in [0.1, 0.15) is 0 Å². The van der Waals surface area contributed by atoms with Gasteiger partial charge in [0.05, 0.1) is 10.6 Å². The average Bonchev–Trinajstić information content (AvgIpc) is 2.82. The zero-order valence-electron chi connectivity index (χ0n) is 18.3. The largest absolute Gasteiger partial charge is 0.259 e. The first-order valence-corrected chi connectivity index (χ1v) is 15.7. The summed E-state index contributed by atoms with van der Waals surface area (Å²) in [6.45, 7) is 0. The fourth-order valence-corrected chi connectivity index (χ4v) is 9.83. The number of thioether (sulfide) groups is 1. The van der Waals surface area contributed by atoms with Crippen molar-refractivity contribution >= 4 is 32.4 Å². The molecular weight excluding hydrogens is 468 g/mol. The van der Waals surface area contributed by atoms with Crippen molar-refractivity contribution in [3.05, 3.63) is 99.6 Å². The predicted octanol–water partition coefficient (Wildman–Crippen LogP) is 5.14. The van der Waals surface area contributed by atoms with Crippen LogP contribution in [0.5, 0.6) is 0 Å². The van der Waals surface area contributed by atoms with Crippen molar-refractivity contribution in [2.75, 3.05) is 11.5 Å². The van der Waals surface area contributed by atoms with E-state index in [4.69, 9.17) is 0 Å². The first kappa shape index (κ1) is 21.6. The number of hydrogen-bond donors (Lipinski definition) is 0. The van der Waals surface area contributed by atoms with Gasteiger partial charge in [-0.3, -0.25) is 4.21 Å². The zero-order valence-corrected chi connectivity index (χ0v) is 20.8. The molecule has 0 bridgehead atoms. The highest BCUT2D eigenvalue weighted by molar-refractivity contribution is 7.98. The molecule has 6 heteroatoms. The molecule has 0 N–H and O–H groups in total. The summed E-state index contributed by atoms with van der Waals surface area (Å²) in [6, 6.07) is 20.8. The fourth-order valence-electron chi connectivity index (χ4n) is 5.45. The molecule has 33 heavy (non-hydrogen) atoms. The maximum Gasteiger partial charge on any atom is 0.179 e. The molecule has 0 saturated heterocycles. The molecule has 0 aliphatic carbocycles. The molecule has 0 amide bonds. The lowest BCUT2D eigenvalue weighted by molar-refractivity contribution is 0.575. The molecule has 3 aromatic carbocycles. The van der Waals surface area contributed by atoms with Gasteiger partial charge in [-0.15, -0.1) is 11.8 Å². The molecule has 0 fully saturated rings. The minimum atomic E-state index is -3.25.